The van der Waals surface area contributed by atoms with E-state index in [1.165, 1.54) is 11.8 Å². The van der Waals surface area contributed by atoms with Gasteiger partial charge in [-0.05, 0) is 36.4 Å². The lowest BCUT2D eigenvalue weighted by atomic mass is 10.2. The number of nitrogens with two attached hydrogens (primary N) is 1. The van der Waals surface area contributed by atoms with Crippen molar-refractivity contribution in [1.29, 1.82) is 0 Å². The van der Waals surface area contributed by atoms with E-state index in [9.17, 15) is 4.79 Å². The fraction of sp³-hybridized carbons (Fsp3) is 0.0588. The largest absolute Gasteiger partial charge is 0.497 e. The summed E-state index contributed by atoms with van der Waals surface area (Å²) in [6.07, 6.45) is 0. The van der Waals surface area contributed by atoms with E-state index in [1.807, 2.05) is 54.6 Å². The zero-order valence-corrected chi connectivity index (χ0v) is 12.8. The van der Waals surface area contributed by atoms with Gasteiger partial charge >= 0.3 is 0 Å². The van der Waals surface area contributed by atoms with Gasteiger partial charge in [0.1, 0.15) is 11.4 Å². The molecular formula is C17H14N2O2S. The summed E-state index contributed by atoms with van der Waals surface area (Å²) in [7, 11) is 1.62. The van der Waals surface area contributed by atoms with E-state index in [0.717, 1.165) is 20.9 Å². The van der Waals surface area contributed by atoms with Gasteiger partial charge in [-0.15, -0.1) is 0 Å². The number of ether oxygens (including phenoxy) is 1. The van der Waals surface area contributed by atoms with E-state index in [4.69, 9.17) is 10.5 Å². The predicted octanol–water partition coefficient (Wildman–Crippen LogP) is 3.49. The molecule has 0 aliphatic carbocycles. The van der Waals surface area contributed by atoms with Crippen LogP contribution in [0.2, 0.25) is 0 Å². The molecule has 0 bridgehead atoms. The number of nitrogens with zero attached hydrogens (tertiary/aromatic N) is 1. The monoisotopic (exact) mass is 310 g/mol. The standard InChI is InChI=1S/C17H14N2O2S/c1-21-12-7-8-14-11(9-12)10-15(16(19-14)17(18)20)22-13-5-3-2-4-6-13/h2-10H,1H3,(H2,18,20). The van der Waals surface area contributed by atoms with Crippen LogP contribution in [0, 0.1) is 0 Å². The second-order valence-corrected chi connectivity index (χ2v) is 5.79. The summed E-state index contributed by atoms with van der Waals surface area (Å²) in [6.45, 7) is 0. The molecule has 1 amide bonds. The maximum absolute atomic E-state index is 11.7. The van der Waals surface area contributed by atoms with Gasteiger partial charge in [-0.25, -0.2) is 4.98 Å². The Morgan fingerprint density at radius 3 is 2.59 bits per heavy atom. The molecule has 4 nitrogen and oxygen atoms in total. The van der Waals surface area contributed by atoms with Gasteiger partial charge in [0.25, 0.3) is 5.91 Å². The lowest BCUT2D eigenvalue weighted by molar-refractivity contribution is 0.0993. The fourth-order valence-electron chi connectivity index (χ4n) is 2.13. The SMILES string of the molecule is COc1ccc2nc(C(N)=O)c(Sc3ccccc3)cc2c1. The topological polar surface area (TPSA) is 65.2 Å². The van der Waals surface area contributed by atoms with Crippen molar-refractivity contribution < 1.29 is 9.53 Å². The first kappa shape index (κ1) is 14.4. The fourth-order valence-corrected chi connectivity index (χ4v) is 3.11. The van der Waals surface area contributed by atoms with Gasteiger partial charge in [0.05, 0.1) is 12.6 Å². The Morgan fingerprint density at radius 1 is 1.14 bits per heavy atom. The number of carbonyl (C=O) groups excluding carboxylic acids is 1. The van der Waals surface area contributed by atoms with Gasteiger partial charge in [-0.2, -0.15) is 0 Å². The number of carbonyl (C=O) groups is 1. The average molecular weight is 310 g/mol. The molecule has 2 N–H and O–H groups in total. The van der Waals surface area contributed by atoms with Crippen LogP contribution in [0.1, 0.15) is 10.5 Å². The van der Waals surface area contributed by atoms with E-state index < -0.39 is 5.91 Å². The summed E-state index contributed by atoms with van der Waals surface area (Å²) < 4.78 is 5.23. The van der Waals surface area contributed by atoms with Crippen LogP contribution in [-0.2, 0) is 0 Å². The maximum atomic E-state index is 11.7. The number of methoxy groups -OCH3 is 1. The third-order valence-corrected chi connectivity index (χ3v) is 4.23. The lowest BCUT2D eigenvalue weighted by Crippen LogP contribution is -2.14. The molecule has 0 atom stereocenters. The molecule has 0 saturated carbocycles. The van der Waals surface area contributed by atoms with Crippen LogP contribution >= 0.6 is 11.8 Å². The van der Waals surface area contributed by atoms with E-state index in [0.29, 0.717) is 5.52 Å². The number of fused-ring (bicyclic) bond motifs is 1. The van der Waals surface area contributed by atoms with Crippen LogP contribution in [0.25, 0.3) is 10.9 Å². The third kappa shape index (κ3) is 2.89. The Hall–Kier alpha value is -2.53. The summed E-state index contributed by atoms with van der Waals surface area (Å²) in [5.41, 5.74) is 6.47. The Bertz CT molecular complexity index is 835. The van der Waals surface area contributed by atoms with Crippen LogP contribution in [-0.4, -0.2) is 18.0 Å². The molecule has 1 heterocycles. The third-order valence-electron chi connectivity index (χ3n) is 3.19. The smallest absolute Gasteiger partial charge is 0.268 e. The minimum Gasteiger partial charge on any atom is -0.497 e. The van der Waals surface area contributed by atoms with Crippen molar-refractivity contribution in [3.05, 3.63) is 60.3 Å². The van der Waals surface area contributed by atoms with Crippen LogP contribution < -0.4 is 10.5 Å². The van der Waals surface area contributed by atoms with Gasteiger partial charge < -0.3 is 10.5 Å². The second-order valence-electron chi connectivity index (χ2n) is 4.67. The molecule has 0 unspecified atom stereocenters. The molecule has 3 aromatic rings. The van der Waals surface area contributed by atoms with Crippen molar-refractivity contribution in [3.63, 3.8) is 0 Å². The van der Waals surface area contributed by atoms with Gasteiger partial charge in [-0.1, -0.05) is 30.0 Å². The van der Waals surface area contributed by atoms with Gasteiger partial charge in [0.2, 0.25) is 0 Å². The van der Waals surface area contributed by atoms with Crippen molar-refractivity contribution in [2.45, 2.75) is 9.79 Å². The zero-order chi connectivity index (χ0) is 15.5. The Balaban J connectivity index is 2.13. The zero-order valence-electron chi connectivity index (χ0n) is 11.9. The van der Waals surface area contributed by atoms with Gasteiger partial charge in [0.15, 0.2) is 0 Å². The summed E-state index contributed by atoms with van der Waals surface area (Å²) >= 11 is 1.47. The van der Waals surface area contributed by atoms with Crippen LogP contribution in [0.4, 0.5) is 0 Å². The first-order chi connectivity index (χ1) is 10.7. The minimum atomic E-state index is -0.531. The van der Waals surface area contributed by atoms with Gasteiger partial charge in [-0.3, -0.25) is 4.79 Å². The Kier molecular flexibility index (Phi) is 3.98. The molecule has 1 aromatic heterocycles. The normalized spacial score (nSPS) is 10.6. The van der Waals surface area contributed by atoms with Crippen molar-refractivity contribution in [2.75, 3.05) is 7.11 Å². The minimum absolute atomic E-state index is 0.284. The summed E-state index contributed by atoms with van der Waals surface area (Å²) in [5, 5.41) is 0.905. The number of aromatic nitrogens is 1. The van der Waals surface area contributed by atoms with Crippen LogP contribution in [0.3, 0.4) is 0 Å². The van der Waals surface area contributed by atoms with Crippen molar-refractivity contribution in [2.24, 2.45) is 5.73 Å². The number of hydrogen-bond donors (Lipinski definition) is 1. The summed E-state index contributed by atoms with van der Waals surface area (Å²) in [5.74, 6) is 0.216. The Morgan fingerprint density at radius 2 is 1.91 bits per heavy atom. The highest BCUT2D eigenvalue weighted by Crippen LogP contribution is 2.32. The van der Waals surface area contributed by atoms with Crippen molar-refractivity contribution in [3.8, 4) is 5.75 Å². The highest BCUT2D eigenvalue weighted by Gasteiger charge is 2.13. The molecule has 0 spiro atoms. The Labute approximate surface area is 132 Å². The van der Waals surface area contributed by atoms with Crippen LogP contribution in [0.5, 0.6) is 5.75 Å². The van der Waals surface area contributed by atoms with Crippen molar-refractivity contribution >= 4 is 28.6 Å². The molecule has 110 valence electrons. The molecule has 0 saturated heterocycles. The van der Waals surface area contributed by atoms with E-state index in [1.54, 1.807) is 7.11 Å². The molecule has 0 aliphatic heterocycles. The van der Waals surface area contributed by atoms with Gasteiger partial charge in [0, 0.05) is 15.2 Å². The number of benzene rings is 2. The first-order valence-corrected chi connectivity index (χ1v) is 7.50. The van der Waals surface area contributed by atoms with E-state index >= 15 is 0 Å². The molecule has 0 fully saturated rings. The van der Waals surface area contributed by atoms with Crippen molar-refractivity contribution in [1.82, 2.24) is 4.98 Å². The molecule has 22 heavy (non-hydrogen) atoms. The number of pyridine rings is 1. The molecular weight excluding hydrogens is 296 g/mol. The summed E-state index contributed by atoms with van der Waals surface area (Å²) in [6, 6.07) is 17.2. The van der Waals surface area contributed by atoms with E-state index in [2.05, 4.69) is 4.98 Å². The average Bonchev–Trinajstić information content (AvgIpc) is 2.54. The lowest BCUT2D eigenvalue weighted by Gasteiger charge is -2.09. The van der Waals surface area contributed by atoms with E-state index in [-0.39, 0.29) is 5.69 Å². The number of hydrogen-bond acceptors (Lipinski definition) is 4. The first-order valence-electron chi connectivity index (χ1n) is 6.69. The summed E-state index contributed by atoms with van der Waals surface area (Å²) in [4.78, 5) is 17.9. The molecule has 2 aromatic carbocycles. The molecule has 3 rings (SSSR count). The maximum Gasteiger partial charge on any atom is 0.268 e. The highest BCUT2D eigenvalue weighted by molar-refractivity contribution is 7.99. The molecule has 0 aliphatic rings. The predicted molar refractivity (Wildman–Crippen MR) is 87.4 cm³/mol. The number of rotatable bonds is 4. The molecule has 0 radical (unpaired) electrons. The molecule has 5 heteroatoms. The van der Waals surface area contributed by atoms with Crippen LogP contribution in [0.15, 0.2) is 64.4 Å². The number of amides is 1. The quantitative estimate of drug-likeness (QED) is 0.801. The highest BCUT2D eigenvalue weighted by atomic mass is 32.2. The number of primary amides is 1. The second kappa shape index (κ2) is 6.07.